The van der Waals surface area contributed by atoms with Gasteiger partial charge in [-0.2, -0.15) is 0 Å². The molecule has 0 radical (unpaired) electrons. The highest BCUT2D eigenvalue weighted by Crippen LogP contribution is 2.16. The van der Waals surface area contributed by atoms with Crippen molar-refractivity contribution in [3.8, 4) is 0 Å². The first kappa shape index (κ1) is 13.2. The van der Waals surface area contributed by atoms with Crippen LogP contribution in [0.15, 0.2) is 35.3 Å². The van der Waals surface area contributed by atoms with Crippen LogP contribution in [0.5, 0.6) is 0 Å². The Morgan fingerprint density at radius 3 is 2.60 bits per heavy atom. The molecule has 0 saturated carbocycles. The molecule has 1 aromatic rings. The van der Waals surface area contributed by atoms with Crippen molar-refractivity contribution in [3.63, 3.8) is 0 Å². The van der Waals surface area contributed by atoms with Crippen LogP contribution in [0.4, 0.5) is 5.69 Å². The van der Waals surface area contributed by atoms with E-state index in [9.17, 15) is 0 Å². The summed E-state index contributed by atoms with van der Waals surface area (Å²) < 4.78 is 5.71. The molecule has 20 heavy (non-hydrogen) atoms. The lowest BCUT2D eigenvalue weighted by molar-refractivity contribution is 0.144. The molecular formula is C15H22N4O. The van der Waals surface area contributed by atoms with Gasteiger partial charge in [-0.15, -0.1) is 0 Å². The van der Waals surface area contributed by atoms with E-state index >= 15 is 0 Å². The first-order chi connectivity index (χ1) is 9.85. The van der Waals surface area contributed by atoms with Gasteiger partial charge < -0.3 is 15.0 Å². The Kier molecular flexibility index (Phi) is 4.06. The van der Waals surface area contributed by atoms with Crippen LogP contribution in [0.2, 0.25) is 0 Å². The highest BCUT2D eigenvalue weighted by molar-refractivity contribution is 5.75. The van der Waals surface area contributed by atoms with Crippen molar-refractivity contribution < 1.29 is 4.74 Å². The summed E-state index contributed by atoms with van der Waals surface area (Å²) >= 11 is 0. The Morgan fingerprint density at radius 2 is 1.95 bits per heavy atom. The second-order valence-electron chi connectivity index (χ2n) is 5.27. The molecule has 3 rings (SSSR count). The molecule has 0 spiro atoms. The smallest absolute Gasteiger partial charge is 0.284 e. The van der Waals surface area contributed by atoms with Crippen LogP contribution >= 0.6 is 0 Å². The van der Waals surface area contributed by atoms with Crippen molar-refractivity contribution in [1.29, 1.82) is 0 Å². The van der Waals surface area contributed by atoms with Crippen molar-refractivity contribution in [3.05, 3.63) is 30.3 Å². The van der Waals surface area contributed by atoms with Crippen molar-refractivity contribution >= 4 is 11.7 Å². The summed E-state index contributed by atoms with van der Waals surface area (Å²) in [6.07, 6.45) is 0.233. The van der Waals surface area contributed by atoms with Gasteiger partial charge in [0.2, 0.25) is 0 Å². The number of nitrogens with zero attached hydrogens (tertiary/aromatic N) is 3. The number of anilines is 1. The number of piperazine rings is 1. The van der Waals surface area contributed by atoms with Gasteiger partial charge in [-0.25, -0.2) is 4.99 Å². The third-order valence-corrected chi connectivity index (χ3v) is 3.92. The summed E-state index contributed by atoms with van der Waals surface area (Å²) in [5.74, 6) is 0. The third kappa shape index (κ3) is 3.04. The Bertz CT molecular complexity index is 454. The van der Waals surface area contributed by atoms with Crippen molar-refractivity contribution in [2.24, 2.45) is 4.99 Å². The fourth-order valence-corrected chi connectivity index (χ4v) is 2.79. The van der Waals surface area contributed by atoms with Gasteiger partial charge in [0.05, 0.1) is 6.54 Å². The van der Waals surface area contributed by atoms with E-state index in [1.165, 1.54) is 5.69 Å². The summed E-state index contributed by atoms with van der Waals surface area (Å²) in [6.45, 7) is 6.19. The van der Waals surface area contributed by atoms with Gasteiger partial charge in [0.1, 0.15) is 6.10 Å². The lowest BCUT2D eigenvalue weighted by Crippen LogP contribution is -2.49. The number of benzene rings is 1. The fraction of sp³-hybridized carbons (Fsp3) is 0.533. The molecule has 5 heteroatoms. The quantitative estimate of drug-likeness (QED) is 0.884. The summed E-state index contributed by atoms with van der Waals surface area (Å²) in [6, 6.07) is 11.3. The van der Waals surface area contributed by atoms with Gasteiger partial charge in [-0.1, -0.05) is 18.2 Å². The minimum absolute atomic E-state index is 0.233. The molecule has 2 heterocycles. The SMILES string of the molecule is CN=C1NC[C@H](CN2CCN(c3ccccc3)CC2)O1. The molecule has 1 N–H and O–H groups in total. The molecule has 0 unspecified atom stereocenters. The summed E-state index contributed by atoms with van der Waals surface area (Å²) in [5, 5.41) is 3.17. The number of hydrogen-bond acceptors (Lipinski definition) is 4. The Hall–Kier alpha value is -1.75. The van der Waals surface area contributed by atoms with Crippen molar-refractivity contribution in [1.82, 2.24) is 10.2 Å². The highest BCUT2D eigenvalue weighted by Gasteiger charge is 2.25. The van der Waals surface area contributed by atoms with Crippen LogP contribution in [0.1, 0.15) is 0 Å². The van der Waals surface area contributed by atoms with Gasteiger partial charge in [0.15, 0.2) is 0 Å². The monoisotopic (exact) mass is 274 g/mol. The maximum atomic E-state index is 5.71. The van der Waals surface area contributed by atoms with E-state index in [0.29, 0.717) is 6.02 Å². The Labute approximate surface area is 120 Å². The molecule has 0 aromatic heterocycles. The summed E-state index contributed by atoms with van der Waals surface area (Å²) in [5.41, 5.74) is 1.33. The van der Waals surface area contributed by atoms with Crippen LogP contribution in [-0.2, 0) is 4.74 Å². The minimum atomic E-state index is 0.233. The Balaban J connectivity index is 1.47. The predicted molar refractivity (Wildman–Crippen MR) is 81.3 cm³/mol. The number of amidine groups is 1. The molecular weight excluding hydrogens is 252 g/mol. The largest absolute Gasteiger partial charge is 0.459 e. The van der Waals surface area contributed by atoms with Gasteiger partial charge in [0.25, 0.3) is 6.02 Å². The highest BCUT2D eigenvalue weighted by atomic mass is 16.5. The number of nitrogens with one attached hydrogen (secondary N) is 1. The summed E-state index contributed by atoms with van der Waals surface area (Å²) in [4.78, 5) is 8.96. The first-order valence-corrected chi connectivity index (χ1v) is 7.25. The molecule has 5 nitrogen and oxygen atoms in total. The Morgan fingerprint density at radius 1 is 1.20 bits per heavy atom. The van der Waals surface area contributed by atoms with E-state index in [1.807, 2.05) is 0 Å². The van der Waals surface area contributed by atoms with Crippen LogP contribution in [-0.4, -0.2) is 63.3 Å². The molecule has 2 aliphatic heterocycles. The second kappa shape index (κ2) is 6.13. The number of aliphatic imine (C=N–C) groups is 1. The normalized spacial score (nSPS) is 25.6. The third-order valence-electron chi connectivity index (χ3n) is 3.92. The molecule has 0 bridgehead atoms. The van der Waals surface area contributed by atoms with Gasteiger partial charge in [0, 0.05) is 45.5 Å². The van der Waals surface area contributed by atoms with E-state index in [1.54, 1.807) is 7.05 Å². The van der Waals surface area contributed by atoms with E-state index in [2.05, 4.69) is 50.4 Å². The van der Waals surface area contributed by atoms with Crippen LogP contribution in [0.25, 0.3) is 0 Å². The minimum Gasteiger partial charge on any atom is -0.459 e. The van der Waals surface area contributed by atoms with Crippen LogP contribution in [0.3, 0.4) is 0 Å². The number of ether oxygens (including phenoxy) is 1. The van der Waals surface area contributed by atoms with E-state index in [0.717, 1.165) is 39.3 Å². The zero-order valence-electron chi connectivity index (χ0n) is 12.0. The standard InChI is InChI=1S/C15H22N4O/c1-16-15-17-11-14(20-15)12-18-7-9-19(10-8-18)13-5-3-2-4-6-13/h2-6,14H,7-12H2,1H3,(H,16,17)/t14-/m1/s1. The molecule has 2 aliphatic rings. The number of rotatable bonds is 3. The zero-order chi connectivity index (χ0) is 13.8. The topological polar surface area (TPSA) is 40.1 Å². The number of hydrogen-bond donors (Lipinski definition) is 1. The fourth-order valence-electron chi connectivity index (χ4n) is 2.79. The first-order valence-electron chi connectivity index (χ1n) is 7.25. The van der Waals surface area contributed by atoms with Crippen LogP contribution < -0.4 is 10.2 Å². The molecule has 1 atom stereocenters. The lowest BCUT2D eigenvalue weighted by Gasteiger charge is -2.36. The van der Waals surface area contributed by atoms with E-state index in [-0.39, 0.29) is 6.10 Å². The molecule has 108 valence electrons. The average molecular weight is 274 g/mol. The predicted octanol–water partition coefficient (Wildman–Crippen LogP) is 0.783. The number of para-hydroxylation sites is 1. The van der Waals surface area contributed by atoms with Gasteiger partial charge in [-0.3, -0.25) is 4.90 Å². The van der Waals surface area contributed by atoms with Gasteiger partial charge in [-0.05, 0) is 12.1 Å². The maximum absolute atomic E-state index is 5.71. The maximum Gasteiger partial charge on any atom is 0.284 e. The second-order valence-corrected chi connectivity index (χ2v) is 5.27. The average Bonchev–Trinajstić information content (AvgIpc) is 2.97. The van der Waals surface area contributed by atoms with E-state index < -0.39 is 0 Å². The molecule has 0 aliphatic carbocycles. The lowest BCUT2D eigenvalue weighted by atomic mass is 10.2. The molecule has 0 amide bonds. The molecule has 1 aromatic carbocycles. The molecule has 2 saturated heterocycles. The van der Waals surface area contributed by atoms with E-state index in [4.69, 9.17) is 4.74 Å². The van der Waals surface area contributed by atoms with Crippen molar-refractivity contribution in [2.75, 3.05) is 51.2 Å². The van der Waals surface area contributed by atoms with Crippen LogP contribution in [0, 0.1) is 0 Å². The van der Waals surface area contributed by atoms with Crippen molar-refractivity contribution in [2.45, 2.75) is 6.10 Å². The summed E-state index contributed by atoms with van der Waals surface area (Å²) in [7, 11) is 1.75. The molecule has 2 fully saturated rings. The van der Waals surface area contributed by atoms with Gasteiger partial charge >= 0.3 is 0 Å². The zero-order valence-corrected chi connectivity index (χ0v) is 12.0.